The lowest BCUT2D eigenvalue weighted by atomic mass is 10.0. The number of anilines is 1. The smallest absolute Gasteiger partial charge is 0.269 e. The van der Waals surface area contributed by atoms with Gasteiger partial charge >= 0.3 is 0 Å². The number of hydrogen-bond donors (Lipinski definition) is 6. The number of methoxy groups -OCH3 is 1. The second-order valence-corrected chi connectivity index (χ2v) is 4.37. The van der Waals surface area contributed by atoms with Gasteiger partial charge < -0.3 is 25.2 Å². The molecular weight excluding hydrogens is 280 g/mol. The Hall–Kier alpha value is -1.71. The van der Waals surface area contributed by atoms with E-state index >= 15 is 0 Å². The van der Waals surface area contributed by atoms with E-state index in [2.05, 4.69) is 10.9 Å². The lowest BCUT2D eigenvalue weighted by Gasteiger charge is -2.27. The fourth-order valence-corrected chi connectivity index (χ4v) is 1.69. The largest absolute Gasteiger partial charge is 0.394 e. The predicted octanol–water partition coefficient (Wildman–Crippen LogP) is -1.78. The summed E-state index contributed by atoms with van der Waals surface area (Å²) in [5, 5.41) is 37.8. The summed E-state index contributed by atoms with van der Waals surface area (Å²) in [5.74, 6) is -0.904. The second-order valence-electron chi connectivity index (χ2n) is 4.37. The normalized spacial score (nSPS) is 16.6. The summed E-state index contributed by atoms with van der Waals surface area (Å²) in [6.07, 6.45) is -6.26. The van der Waals surface area contributed by atoms with Gasteiger partial charge in [0.05, 0.1) is 12.3 Å². The Balaban J connectivity index is 2.56. The number of carbonyl (C=O) groups is 1. The van der Waals surface area contributed by atoms with Crippen LogP contribution in [0, 0.1) is 0 Å². The first-order valence-electron chi connectivity index (χ1n) is 6.30. The van der Waals surface area contributed by atoms with Crippen LogP contribution in [-0.2, 0) is 9.53 Å². The Morgan fingerprint density at radius 3 is 2.38 bits per heavy atom. The van der Waals surface area contributed by atoms with Gasteiger partial charge in [0.25, 0.3) is 5.91 Å². The Morgan fingerprint density at radius 1 is 1.24 bits per heavy atom. The third kappa shape index (κ3) is 4.96. The molecular formula is C13H20N2O6. The van der Waals surface area contributed by atoms with E-state index in [-0.39, 0.29) is 0 Å². The maximum atomic E-state index is 11.7. The van der Waals surface area contributed by atoms with Crippen molar-refractivity contribution in [2.24, 2.45) is 0 Å². The van der Waals surface area contributed by atoms with Crippen molar-refractivity contribution in [1.82, 2.24) is 5.43 Å². The van der Waals surface area contributed by atoms with Crippen LogP contribution in [0.2, 0.25) is 0 Å². The number of para-hydroxylation sites is 1. The molecule has 0 bridgehead atoms. The number of benzene rings is 1. The average molecular weight is 300 g/mol. The molecule has 0 aromatic heterocycles. The van der Waals surface area contributed by atoms with Gasteiger partial charge in [0.2, 0.25) is 0 Å². The SMILES string of the molecule is CO[C@@H]([C@H](O)[C@H](O)C(=O)NNc1ccccc1)[C@@H](O)CO. The molecule has 1 aromatic rings. The summed E-state index contributed by atoms with van der Waals surface area (Å²) in [6.45, 7) is -0.674. The van der Waals surface area contributed by atoms with Crippen molar-refractivity contribution in [3.63, 3.8) is 0 Å². The van der Waals surface area contributed by atoms with Crippen LogP contribution >= 0.6 is 0 Å². The van der Waals surface area contributed by atoms with Crippen molar-refractivity contribution >= 4 is 11.6 Å². The third-order valence-electron chi connectivity index (χ3n) is 2.87. The van der Waals surface area contributed by atoms with Gasteiger partial charge in [-0.1, -0.05) is 18.2 Å². The number of rotatable bonds is 8. The van der Waals surface area contributed by atoms with Crippen LogP contribution in [0.25, 0.3) is 0 Å². The number of aliphatic hydroxyl groups excluding tert-OH is 4. The summed E-state index contributed by atoms with van der Waals surface area (Å²) in [5.41, 5.74) is 5.36. The standard InChI is InChI=1S/C13H20N2O6/c1-21-12(9(17)7-16)10(18)11(19)13(20)15-14-8-5-3-2-4-6-8/h2-6,9-12,14,16-19H,7H2,1H3,(H,15,20)/t9-,10+,11-,12+/m0/s1. The number of amides is 1. The van der Waals surface area contributed by atoms with Crippen molar-refractivity contribution in [3.05, 3.63) is 30.3 Å². The monoisotopic (exact) mass is 300 g/mol. The van der Waals surface area contributed by atoms with Gasteiger partial charge in [0, 0.05) is 7.11 Å². The quantitative estimate of drug-likeness (QED) is 0.313. The molecule has 6 N–H and O–H groups in total. The highest BCUT2D eigenvalue weighted by Gasteiger charge is 2.35. The first-order chi connectivity index (χ1) is 10.0. The van der Waals surface area contributed by atoms with Crippen LogP contribution < -0.4 is 10.9 Å². The number of carbonyl (C=O) groups excluding carboxylic acids is 1. The molecule has 8 nitrogen and oxygen atoms in total. The third-order valence-corrected chi connectivity index (χ3v) is 2.87. The van der Waals surface area contributed by atoms with E-state index in [0.717, 1.165) is 0 Å². The zero-order valence-corrected chi connectivity index (χ0v) is 11.5. The summed E-state index contributed by atoms with van der Waals surface area (Å²) in [7, 11) is 1.18. The molecule has 0 saturated carbocycles. The Bertz CT molecular complexity index is 430. The van der Waals surface area contributed by atoms with E-state index in [0.29, 0.717) is 5.69 Å². The zero-order valence-electron chi connectivity index (χ0n) is 11.5. The van der Waals surface area contributed by atoms with Crippen molar-refractivity contribution < 1.29 is 30.0 Å². The van der Waals surface area contributed by atoms with Crippen LogP contribution in [-0.4, -0.2) is 64.5 Å². The number of hydrogen-bond acceptors (Lipinski definition) is 7. The molecule has 0 radical (unpaired) electrons. The van der Waals surface area contributed by atoms with E-state index in [1.165, 1.54) is 7.11 Å². The Labute approximate surface area is 122 Å². The average Bonchev–Trinajstić information content (AvgIpc) is 2.53. The van der Waals surface area contributed by atoms with Gasteiger partial charge in [0.1, 0.15) is 18.3 Å². The predicted molar refractivity (Wildman–Crippen MR) is 74.1 cm³/mol. The maximum absolute atomic E-state index is 11.7. The lowest BCUT2D eigenvalue weighted by molar-refractivity contribution is -0.153. The molecule has 1 amide bonds. The Morgan fingerprint density at radius 2 is 1.86 bits per heavy atom. The molecule has 0 aliphatic carbocycles. The Kier molecular flexibility index (Phi) is 7.06. The molecule has 0 aliphatic heterocycles. The van der Waals surface area contributed by atoms with Gasteiger partial charge in [-0.05, 0) is 12.1 Å². The molecule has 1 rings (SSSR count). The van der Waals surface area contributed by atoms with Crippen LogP contribution in [0.15, 0.2) is 30.3 Å². The fraction of sp³-hybridized carbons (Fsp3) is 0.462. The second kappa shape index (κ2) is 8.55. The van der Waals surface area contributed by atoms with E-state index < -0.39 is 36.9 Å². The van der Waals surface area contributed by atoms with Crippen LogP contribution in [0.4, 0.5) is 5.69 Å². The van der Waals surface area contributed by atoms with Gasteiger partial charge in [0.15, 0.2) is 6.10 Å². The van der Waals surface area contributed by atoms with E-state index in [9.17, 15) is 20.1 Å². The van der Waals surface area contributed by atoms with Crippen molar-refractivity contribution in [1.29, 1.82) is 0 Å². The number of ether oxygens (including phenoxy) is 1. The molecule has 0 aliphatic rings. The van der Waals surface area contributed by atoms with E-state index in [1.807, 2.05) is 0 Å². The highest BCUT2D eigenvalue weighted by molar-refractivity contribution is 5.82. The minimum absolute atomic E-state index is 0.589. The molecule has 8 heteroatoms. The molecule has 21 heavy (non-hydrogen) atoms. The topological polar surface area (TPSA) is 131 Å². The molecule has 0 unspecified atom stereocenters. The molecule has 0 spiro atoms. The molecule has 118 valence electrons. The number of hydrazine groups is 1. The molecule has 1 aromatic carbocycles. The molecule has 0 fully saturated rings. The number of aliphatic hydroxyl groups is 4. The van der Waals surface area contributed by atoms with Crippen LogP contribution in [0.1, 0.15) is 0 Å². The van der Waals surface area contributed by atoms with Gasteiger partial charge in [-0.25, -0.2) is 0 Å². The molecule has 0 saturated heterocycles. The molecule has 0 heterocycles. The minimum Gasteiger partial charge on any atom is -0.394 e. The first kappa shape index (κ1) is 17.3. The highest BCUT2D eigenvalue weighted by atomic mass is 16.5. The summed E-state index contributed by atoms with van der Waals surface area (Å²) < 4.78 is 4.78. The van der Waals surface area contributed by atoms with Gasteiger partial charge in [-0.2, -0.15) is 0 Å². The summed E-state index contributed by atoms with van der Waals surface area (Å²) in [6, 6.07) is 8.68. The first-order valence-corrected chi connectivity index (χ1v) is 6.30. The van der Waals surface area contributed by atoms with Crippen LogP contribution in [0.3, 0.4) is 0 Å². The highest BCUT2D eigenvalue weighted by Crippen LogP contribution is 2.09. The molecule has 4 atom stereocenters. The van der Waals surface area contributed by atoms with Gasteiger partial charge in [-0.15, -0.1) is 0 Å². The van der Waals surface area contributed by atoms with Crippen molar-refractivity contribution in [3.8, 4) is 0 Å². The van der Waals surface area contributed by atoms with Crippen LogP contribution in [0.5, 0.6) is 0 Å². The van der Waals surface area contributed by atoms with Gasteiger partial charge in [-0.3, -0.25) is 15.6 Å². The summed E-state index contributed by atoms with van der Waals surface area (Å²) in [4.78, 5) is 11.7. The zero-order chi connectivity index (χ0) is 15.8. The van der Waals surface area contributed by atoms with E-state index in [1.54, 1.807) is 30.3 Å². The minimum atomic E-state index is -1.84. The fourth-order valence-electron chi connectivity index (χ4n) is 1.69. The lowest BCUT2D eigenvalue weighted by Crippen LogP contribution is -2.53. The summed E-state index contributed by atoms with van der Waals surface area (Å²) >= 11 is 0. The number of nitrogens with one attached hydrogen (secondary N) is 2. The van der Waals surface area contributed by atoms with E-state index in [4.69, 9.17) is 9.84 Å². The van der Waals surface area contributed by atoms with Crippen molar-refractivity contribution in [2.45, 2.75) is 24.4 Å². The van der Waals surface area contributed by atoms with Crippen molar-refractivity contribution in [2.75, 3.05) is 19.1 Å². The maximum Gasteiger partial charge on any atom is 0.269 e.